The summed E-state index contributed by atoms with van der Waals surface area (Å²) in [5.74, 6) is -0.493. The number of ether oxygens (including phenoxy) is 2. The number of piperidine rings is 1. The number of para-hydroxylation sites is 1. The minimum Gasteiger partial charge on any atom is -0.459 e. The molecule has 2 saturated heterocycles. The molecule has 2 aliphatic rings. The van der Waals surface area contributed by atoms with Gasteiger partial charge in [-0.05, 0) is 51.1 Å². The number of aromatic nitrogens is 1. The molecule has 2 fully saturated rings. The number of rotatable bonds is 7. The minimum atomic E-state index is -0.493. The molecule has 1 aromatic heterocycles. The lowest BCUT2D eigenvalue weighted by atomic mass is 9.99. The van der Waals surface area contributed by atoms with Gasteiger partial charge in [0.05, 0.1) is 12.1 Å². The highest BCUT2D eigenvalue weighted by Gasteiger charge is 2.41. The third-order valence-electron chi connectivity index (χ3n) is 6.49. The van der Waals surface area contributed by atoms with Crippen LogP contribution in [-0.4, -0.2) is 53.4 Å². The van der Waals surface area contributed by atoms with Crippen LogP contribution in [0.4, 0.5) is 0 Å². The zero-order chi connectivity index (χ0) is 21.3. The van der Waals surface area contributed by atoms with Crippen LogP contribution in [-0.2, 0) is 9.47 Å². The lowest BCUT2D eigenvalue weighted by Gasteiger charge is -2.38. The Morgan fingerprint density at radius 2 is 1.87 bits per heavy atom. The maximum atomic E-state index is 13.1. The van der Waals surface area contributed by atoms with Gasteiger partial charge >= 0.3 is 5.97 Å². The maximum Gasteiger partial charge on any atom is 0.344 e. The van der Waals surface area contributed by atoms with Crippen LogP contribution in [0, 0.1) is 0 Å². The van der Waals surface area contributed by atoms with E-state index in [4.69, 9.17) is 9.47 Å². The van der Waals surface area contributed by atoms with Crippen molar-refractivity contribution in [1.82, 2.24) is 9.47 Å². The predicted octanol–water partition coefficient (Wildman–Crippen LogP) is 3.77. The standard InChI is InChI=1S/C24H32N2O4/c1-4-29-12-11-25-18-9-10-19(25)15-20(14-18)30-24(28)21-13-17-7-5-6-8-22(17)26(16(2)3)23(21)27/h5-8,13,16,18-20H,4,9-12,14-15H2,1-3H3. The van der Waals surface area contributed by atoms with Gasteiger partial charge in [-0.15, -0.1) is 0 Å². The summed E-state index contributed by atoms with van der Waals surface area (Å²) < 4.78 is 13.1. The molecular weight excluding hydrogens is 380 g/mol. The van der Waals surface area contributed by atoms with Crippen LogP contribution in [0.3, 0.4) is 0 Å². The molecule has 6 nitrogen and oxygen atoms in total. The number of carbonyl (C=O) groups is 1. The second-order valence-corrected chi connectivity index (χ2v) is 8.70. The fourth-order valence-electron chi connectivity index (χ4n) is 5.16. The van der Waals surface area contributed by atoms with Crippen LogP contribution < -0.4 is 5.56 Å². The van der Waals surface area contributed by atoms with E-state index in [0.717, 1.165) is 56.3 Å². The van der Waals surface area contributed by atoms with Gasteiger partial charge in [-0.25, -0.2) is 4.79 Å². The monoisotopic (exact) mass is 412 g/mol. The Morgan fingerprint density at radius 1 is 1.17 bits per heavy atom. The summed E-state index contributed by atoms with van der Waals surface area (Å²) in [6.45, 7) is 8.36. The molecule has 2 bridgehead atoms. The van der Waals surface area contributed by atoms with E-state index in [-0.39, 0.29) is 23.3 Å². The summed E-state index contributed by atoms with van der Waals surface area (Å²) in [6, 6.07) is 10.2. The van der Waals surface area contributed by atoms with Gasteiger partial charge in [0.15, 0.2) is 0 Å². The Kier molecular flexibility index (Phi) is 6.25. The number of fused-ring (bicyclic) bond motifs is 3. The van der Waals surface area contributed by atoms with Crippen LogP contribution in [0.5, 0.6) is 0 Å². The molecule has 0 aliphatic carbocycles. The fraction of sp³-hybridized carbons (Fsp3) is 0.583. The zero-order valence-electron chi connectivity index (χ0n) is 18.2. The van der Waals surface area contributed by atoms with Crippen molar-refractivity contribution in [2.75, 3.05) is 19.8 Å². The molecule has 162 valence electrons. The van der Waals surface area contributed by atoms with Gasteiger partial charge in [0.25, 0.3) is 5.56 Å². The van der Waals surface area contributed by atoms with Crippen molar-refractivity contribution < 1.29 is 14.3 Å². The maximum absolute atomic E-state index is 13.1. The molecule has 0 spiro atoms. The lowest BCUT2D eigenvalue weighted by molar-refractivity contribution is -0.0127. The first-order valence-corrected chi connectivity index (χ1v) is 11.2. The molecule has 0 radical (unpaired) electrons. The normalized spacial score (nSPS) is 23.9. The van der Waals surface area contributed by atoms with Gasteiger partial charge in [0.1, 0.15) is 11.7 Å². The summed E-state index contributed by atoms with van der Waals surface area (Å²) in [7, 11) is 0. The van der Waals surface area contributed by atoms with E-state index in [9.17, 15) is 9.59 Å². The van der Waals surface area contributed by atoms with Crippen LogP contribution in [0.1, 0.15) is 62.9 Å². The highest BCUT2D eigenvalue weighted by atomic mass is 16.5. The van der Waals surface area contributed by atoms with Crippen molar-refractivity contribution in [2.24, 2.45) is 0 Å². The molecule has 0 N–H and O–H groups in total. The molecule has 0 amide bonds. The van der Waals surface area contributed by atoms with E-state index < -0.39 is 5.97 Å². The molecule has 2 atom stereocenters. The molecule has 3 heterocycles. The Morgan fingerprint density at radius 3 is 2.53 bits per heavy atom. The van der Waals surface area contributed by atoms with E-state index in [0.29, 0.717) is 12.1 Å². The van der Waals surface area contributed by atoms with E-state index >= 15 is 0 Å². The van der Waals surface area contributed by atoms with Gasteiger partial charge in [-0.3, -0.25) is 9.69 Å². The number of hydrogen-bond acceptors (Lipinski definition) is 5. The number of benzene rings is 1. The number of esters is 1. The Bertz CT molecular complexity index is 953. The smallest absolute Gasteiger partial charge is 0.344 e. The minimum absolute atomic E-state index is 0.0421. The largest absolute Gasteiger partial charge is 0.459 e. The third-order valence-corrected chi connectivity index (χ3v) is 6.49. The molecule has 2 unspecified atom stereocenters. The van der Waals surface area contributed by atoms with Crippen LogP contribution >= 0.6 is 0 Å². The van der Waals surface area contributed by atoms with E-state index in [2.05, 4.69) is 4.90 Å². The molecule has 2 aliphatic heterocycles. The summed E-state index contributed by atoms with van der Waals surface area (Å²) in [4.78, 5) is 28.6. The molecule has 30 heavy (non-hydrogen) atoms. The Labute approximate surface area is 177 Å². The average Bonchev–Trinajstić information content (AvgIpc) is 2.95. The second-order valence-electron chi connectivity index (χ2n) is 8.70. The average molecular weight is 413 g/mol. The number of carbonyl (C=O) groups excluding carboxylic acids is 1. The van der Waals surface area contributed by atoms with Crippen molar-refractivity contribution >= 4 is 16.9 Å². The molecule has 6 heteroatoms. The first-order valence-electron chi connectivity index (χ1n) is 11.2. The molecule has 4 rings (SSSR count). The first-order chi connectivity index (χ1) is 14.5. The van der Waals surface area contributed by atoms with Gasteiger partial charge in [-0.2, -0.15) is 0 Å². The third kappa shape index (κ3) is 4.03. The first kappa shape index (κ1) is 21.1. The van der Waals surface area contributed by atoms with E-state index in [1.807, 2.05) is 45.0 Å². The molecule has 0 saturated carbocycles. The molecular formula is C24H32N2O4. The van der Waals surface area contributed by atoms with E-state index in [1.165, 1.54) is 0 Å². The topological polar surface area (TPSA) is 60.8 Å². The van der Waals surface area contributed by atoms with Crippen molar-refractivity contribution in [1.29, 1.82) is 0 Å². The highest BCUT2D eigenvalue weighted by molar-refractivity contribution is 5.94. The number of nitrogens with zero attached hydrogens (tertiary/aromatic N) is 2. The molecule has 1 aromatic carbocycles. The highest BCUT2D eigenvalue weighted by Crippen LogP contribution is 2.36. The van der Waals surface area contributed by atoms with Crippen molar-refractivity contribution in [3.63, 3.8) is 0 Å². The lowest BCUT2D eigenvalue weighted by Crippen LogP contribution is -2.47. The van der Waals surface area contributed by atoms with Gasteiger partial charge in [0, 0.05) is 44.1 Å². The van der Waals surface area contributed by atoms with Crippen molar-refractivity contribution in [3.05, 3.63) is 46.2 Å². The summed E-state index contributed by atoms with van der Waals surface area (Å²) in [5, 5.41) is 0.878. The summed E-state index contributed by atoms with van der Waals surface area (Å²) >= 11 is 0. The molecule has 2 aromatic rings. The second kappa shape index (κ2) is 8.90. The van der Waals surface area contributed by atoms with Crippen LogP contribution in [0.25, 0.3) is 10.9 Å². The predicted molar refractivity (Wildman–Crippen MR) is 117 cm³/mol. The zero-order valence-corrected chi connectivity index (χ0v) is 18.2. The van der Waals surface area contributed by atoms with Gasteiger partial charge in [-0.1, -0.05) is 18.2 Å². The summed E-state index contributed by atoms with van der Waals surface area (Å²) in [6.07, 6.45) is 3.82. The number of hydrogen-bond donors (Lipinski definition) is 0. The van der Waals surface area contributed by atoms with Gasteiger partial charge in [0.2, 0.25) is 0 Å². The number of pyridine rings is 1. The van der Waals surface area contributed by atoms with E-state index in [1.54, 1.807) is 10.6 Å². The quantitative estimate of drug-likeness (QED) is 0.512. The van der Waals surface area contributed by atoms with Gasteiger partial charge < -0.3 is 14.0 Å². The summed E-state index contributed by atoms with van der Waals surface area (Å²) in [5.41, 5.74) is 0.703. The Hall–Kier alpha value is -2.18. The SMILES string of the molecule is CCOCCN1C2CCC1CC(OC(=O)c1cc3ccccc3n(C(C)C)c1=O)C2. The van der Waals surface area contributed by atoms with Crippen LogP contribution in [0.15, 0.2) is 35.1 Å². The fourth-order valence-corrected chi connectivity index (χ4v) is 5.16. The van der Waals surface area contributed by atoms with Crippen molar-refractivity contribution in [3.8, 4) is 0 Å². The van der Waals surface area contributed by atoms with Crippen LogP contribution in [0.2, 0.25) is 0 Å². The van der Waals surface area contributed by atoms with Crippen molar-refractivity contribution in [2.45, 2.75) is 70.7 Å². The Balaban J connectivity index is 1.51.